The van der Waals surface area contributed by atoms with E-state index in [-0.39, 0.29) is 6.10 Å². The van der Waals surface area contributed by atoms with Gasteiger partial charge in [-0.3, -0.25) is 0 Å². The monoisotopic (exact) mass is 285 g/mol. The highest BCUT2D eigenvalue weighted by Gasteiger charge is 2.27. The SMILES string of the molecule is NCCc1ccc(OC2CCCCC2n2ccnc2)cc1. The lowest BCUT2D eigenvalue weighted by atomic mass is 9.92. The van der Waals surface area contributed by atoms with Crippen molar-refractivity contribution in [3.8, 4) is 5.75 Å². The molecule has 1 saturated carbocycles. The van der Waals surface area contributed by atoms with Gasteiger partial charge in [0.25, 0.3) is 0 Å². The molecular weight excluding hydrogens is 262 g/mol. The highest BCUT2D eigenvalue weighted by molar-refractivity contribution is 5.27. The first-order chi connectivity index (χ1) is 10.4. The molecule has 2 atom stereocenters. The van der Waals surface area contributed by atoms with Crippen LogP contribution in [0.15, 0.2) is 43.0 Å². The molecule has 0 bridgehead atoms. The molecule has 4 nitrogen and oxygen atoms in total. The van der Waals surface area contributed by atoms with Crippen molar-refractivity contribution in [2.24, 2.45) is 5.73 Å². The van der Waals surface area contributed by atoms with Gasteiger partial charge >= 0.3 is 0 Å². The van der Waals surface area contributed by atoms with E-state index in [1.165, 1.54) is 18.4 Å². The summed E-state index contributed by atoms with van der Waals surface area (Å²) in [5.41, 5.74) is 6.84. The topological polar surface area (TPSA) is 53.1 Å². The largest absolute Gasteiger partial charge is 0.488 e. The van der Waals surface area contributed by atoms with Gasteiger partial charge < -0.3 is 15.0 Å². The van der Waals surface area contributed by atoms with Crippen LogP contribution < -0.4 is 10.5 Å². The zero-order valence-electron chi connectivity index (χ0n) is 12.3. The molecule has 2 unspecified atom stereocenters. The van der Waals surface area contributed by atoms with Gasteiger partial charge in [-0.05, 0) is 49.9 Å². The Morgan fingerprint density at radius 1 is 1.19 bits per heavy atom. The molecule has 2 aromatic rings. The van der Waals surface area contributed by atoms with Crippen molar-refractivity contribution in [2.45, 2.75) is 44.2 Å². The molecule has 4 heteroatoms. The Kier molecular flexibility index (Phi) is 4.55. The van der Waals surface area contributed by atoms with Crippen LogP contribution in [0.2, 0.25) is 0 Å². The number of imidazole rings is 1. The average molecular weight is 285 g/mol. The van der Waals surface area contributed by atoms with Crippen LogP contribution in [0.5, 0.6) is 5.75 Å². The van der Waals surface area contributed by atoms with Crippen molar-refractivity contribution in [3.63, 3.8) is 0 Å². The van der Waals surface area contributed by atoms with Crippen LogP contribution >= 0.6 is 0 Å². The molecule has 0 spiro atoms. The zero-order valence-corrected chi connectivity index (χ0v) is 12.3. The highest BCUT2D eigenvalue weighted by atomic mass is 16.5. The van der Waals surface area contributed by atoms with E-state index in [1.54, 1.807) is 0 Å². The zero-order chi connectivity index (χ0) is 14.5. The second kappa shape index (κ2) is 6.76. The molecule has 21 heavy (non-hydrogen) atoms. The first-order valence-electron chi connectivity index (χ1n) is 7.80. The normalized spacial score (nSPS) is 22.1. The lowest BCUT2D eigenvalue weighted by Crippen LogP contribution is -2.32. The standard InChI is InChI=1S/C17H23N3O/c18-10-9-14-5-7-15(8-6-14)21-17-4-2-1-3-16(17)20-12-11-19-13-20/h5-8,11-13,16-17H,1-4,9-10,18H2. The number of hydrogen-bond donors (Lipinski definition) is 1. The first kappa shape index (κ1) is 14.1. The van der Waals surface area contributed by atoms with E-state index in [0.717, 1.165) is 25.0 Å². The van der Waals surface area contributed by atoms with Crippen molar-refractivity contribution in [1.82, 2.24) is 9.55 Å². The van der Waals surface area contributed by atoms with Crippen LogP contribution in [0.4, 0.5) is 0 Å². The van der Waals surface area contributed by atoms with E-state index in [4.69, 9.17) is 10.5 Å². The molecule has 1 aliphatic rings. The third kappa shape index (κ3) is 3.45. The van der Waals surface area contributed by atoms with Crippen molar-refractivity contribution in [1.29, 1.82) is 0 Å². The van der Waals surface area contributed by atoms with Crippen LogP contribution in [0, 0.1) is 0 Å². The second-order valence-corrected chi connectivity index (χ2v) is 5.70. The minimum absolute atomic E-state index is 0.230. The maximum Gasteiger partial charge on any atom is 0.119 e. The predicted octanol–water partition coefficient (Wildman–Crippen LogP) is 2.95. The predicted molar refractivity (Wildman–Crippen MR) is 83.3 cm³/mol. The van der Waals surface area contributed by atoms with E-state index < -0.39 is 0 Å². The lowest BCUT2D eigenvalue weighted by molar-refractivity contribution is 0.0977. The number of hydrogen-bond acceptors (Lipinski definition) is 3. The van der Waals surface area contributed by atoms with E-state index in [0.29, 0.717) is 12.6 Å². The summed E-state index contributed by atoms with van der Waals surface area (Å²) in [6, 6.07) is 8.73. The maximum atomic E-state index is 6.24. The average Bonchev–Trinajstić information content (AvgIpc) is 3.04. The van der Waals surface area contributed by atoms with Crippen molar-refractivity contribution in [2.75, 3.05) is 6.54 Å². The first-order valence-corrected chi connectivity index (χ1v) is 7.80. The van der Waals surface area contributed by atoms with Gasteiger partial charge in [0.1, 0.15) is 11.9 Å². The minimum Gasteiger partial charge on any atom is -0.488 e. The van der Waals surface area contributed by atoms with Gasteiger partial charge in [0.15, 0.2) is 0 Å². The van der Waals surface area contributed by atoms with Crippen LogP contribution in [-0.4, -0.2) is 22.2 Å². The van der Waals surface area contributed by atoms with E-state index in [9.17, 15) is 0 Å². The summed E-state index contributed by atoms with van der Waals surface area (Å²) in [7, 11) is 0. The molecular formula is C17H23N3O. The van der Waals surface area contributed by atoms with E-state index in [1.807, 2.05) is 18.7 Å². The van der Waals surface area contributed by atoms with Crippen LogP contribution in [0.3, 0.4) is 0 Å². The van der Waals surface area contributed by atoms with E-state index in [2.05, 4.69) is 33.8 Å². The molecule has 1 aliphatic carbocycles. The number of ether oxygens (including phenoxy) is 1. The van der Waals surface area contributed by atoms with Gasteiger partial charge in [-0.25, -0.2) is 4.98 Å². The number of aromatic nitrogens is 2. The molecule has 3 rings (SSSR count). The molecule has 1 aromatic carbocycles. The van der Waals surface area contributed by atoms with Crippen molar-refractivity contribution in [3.05, 3.63) is 48.5 Å². The van der Waals surface area contributed by atoms with Gasteiger partial charge in [-0.2, -0.15) is 0 Å². The highest BCUT2D eigenvalue weighted by Crippen LogP contribution is 2.31. The molecule has 0 saturated heterocycles. The second-order valence-electron chi connectivity index (χ2n) is 5.70. The number of benzene rings is 1. The third-order valence-corrected chi connectivity index (χ3v) is 4.22. The van der Waals surface area contributed by atoms with Gasteiger partial charge in [-0.15, -0.1) is 0 Å². The molecule has 0 aliphatic heterocycles. The Hall–Kier alpha value is -1.81. The quantitative estimate of drug-likeness (QED) is 0.919. The fourth-order valence-electron chi connectivity index (χ4n) is 3.10. The van der Waals surface area contributed by atoms with Crippen LogP contribution in [0.25, 0.3) is 0 Å². The van der Waals surface area contributed by atoms with Gasteiger partial charge in [0.2, 0.25) is 0 Å². The summed E-state index contributed by atoms with van der Waals surface area (Å²) in [6.45, 7) is 0.686. The number of rotatable bonds is 5. The molecule has 2 N–H and O–H groups in total. The minimum atomic E-state index is 0.230. The fraction of sp³-hybridized carbons (Fsp3) is 0.471. The van der Waals surface area contributed by atoms with Gasteiger partial charge in [-0.1, -0.05) is 18.6 Å². The molecule has 1 aromatic heterocycles. The molecule has 1 fully saturated rings. The summed E-state index contributed by atoms with van der Waals surface area (Å²) in [4.78, 5) is 4.17. The Morgan fingerprint density at radius 2 is 2.00 bits per heavy atom. The van der Waals surface area contributed by atoms with Crippen LogP contribution in [-0.2, 0) is 6.42 Å². The lowest BCUT2D eigenvalue weighted by Gasteiger charge is -2.32. The summed E-state index contributed by atoms with van der Waals surface area (Å²) >= 11 is 0. The number of nitrogens with zero attached hydrogens (tertiary/aromatic N) is 2. The Bertz CT molecular complexity index is 536. The van der Waals surface area contributed by atoms with Crippen molar-refractivity contribution < 1.29 is 4.74 Å². The van der Waals surface area contributed by atoms with Gasteiger partial charge in [0.05, 0.1) is 12.4 Å². The number of nitrogens with two attached hydrogens (primary N) is 1. The molecule has 1 heterocycles. The Morgan fingerprint density at radius 3 is 2.71 bits per heavy atom. The molecule has 112 valence electrons. The third-order valence-electron chi connectivity index (χ3n) is 4.22. The summed E-state index contributed by atoms with van der Waals surface area (Å²) in [5, 5.41) is 0. The Labute approximate surface area is 125 Å². The fourth-order valence-corrected chi connectivity index (χ4v) is 3.10. The van der Waals surface area contributed by atoms with Crippen molar-refractivity contribution >= 4 is 0 Å². The van der Waals surface area contributed by atoms with Crippen LogP contribution in [0.1, 0.15) is 37.3 Å². The van der Waals surface area contributed by atoms with E-state index >= 15 is 0 Å². The molecule has 0 amide bonds. The summed E-state index contributed by atoms with van der Waals surface area (Å²) in [6.07, 6.45) is 11.7. The summed E-state index contributed by atoms with van der Waals surface area (Å²) < 4.78 is 8.43. The van der Waals surface area contributed by atoms with Gasteiger partial charge in [0, 0.05) is 12.4 Å². The summed E-state index contributed by atoms with van der Waals surface area (Å²) in [5.74, 6) is 0.952. The maximum absolute atomic E-state index is 6.24. The Balaban J connectivity index is 1.69. The molecule has 0 radical (unpaired) electrons. The smallest absolute Gasteiger partial charge is 0.119 e.